The zero-order valence-corrected chi connectivity index (χ0v) is 9.01. The minimum atomic E-state index is -0.119. The molecule has 0 amide bonds. The predicted molar refractivity (Wildman–Crippen MR) is 60.4 cm³/mol. The summed E-state index contributed by atoms with van der Waals surface area (Å²) in [5.41, 5.74) is 1.12. The maximum absolute atomic E-state index is 12.9. The Labute approximate surface area is 90.7 Å². The van der Waals surface area contributed by atoms with Crippen LogP contribution in [0.2, 0.25) is 0 Å². The van der Waals surface area contributed by atoms with E-state index in [1.54, 1.807) is 12.1 Å². The van der Waals surface area contributed by atoms with Crippen LogP contribution >= 0.6 is 0 Å². The summed E-state index contributed by atoms with van der Waals surface area (Å²) in [5, 5.41) is 3.48. The standard InChI is InChI=1S/C13H18FN/c14-12-6-1-4-11(10-12)5-2-7-13-8-3-9-15-13/h1,4,6,10,13,15H,2-3,5,7-9H2. The molecule has 1 aliphatic rings. The molecule has 0 spiro atoms. The molecule has 0 aromatic heterocycles. The van der Waals surface area contributed by atoms with Crippen LogP contribution in [0.25, 0.3) is 0 Å². The zero-order chi connectivity index (χ0) is 10.5. The number of nitrogens with one attached hydrogen (secondary N) is 1. The van der Waals surface area contributed by atoms with E-state index in [-0.39, 0.29) is 5.82 Å². The van der Waals surface area contributed by atoms with Crippen LogP contribution in [0.4, 0.5) is 4.39 Å². The Morgan fingerprint density at radius 3 is 3.07 bits per heavy atom. The largest absolute Gasteiger partial charge is 0.314 e. The second-order valence-electron chi connectivity index (χ2n) is 4.32. The fourth-order valence-electron chi connectivity index (χ4n) is 2.25. The monoisotopic (exact) mass is 207 g/mol. The molecule has 0 radical (unpaired) electrons. The molecule has 1 atom stereocenters. The first-order chi connectivity index (χ1) is 7.34. The van der Waals surface area contributed by atoms with Gasteiger partial charge in [0.25, 0.3) is 0 Å². The molecule has 1 aromatic carbocycles. The molecule has 1 saturated heterocycles. The summed E-state index contributed by atoms with van der Waals surface area (Å²) < 4.78 is 12.9. The highest BCUT2D eigenvalue weighted by atomic mass is 19.1. The Morgan fingerprint density at radius 1 is 1.40 bits per heavy atom. The third-order valence-electron chi connectivity index (χ3n) is 3.07. The summed E-state index contributed by atoms with van der Waals surface area (Å²) in [6.45, 7) is 1.17. The van der Waals surface area contributed by atoms with Gasteiger partial charge in [-0.05, 0) is 56.3 Å². The molecular weight excluding hydrogens is 189 g/mol. The highest BCUT2D eigenvalue weighted by Gasteiger charge is 2.12. The van der Waals surface area contributed by atoms with Gasteiger partial charge in [0.05, 0.1) is 0 Å². The predicted octanol–water partition coefficient (Wildman–Crippen LogP) is 2.90. The van der Waals surface area contributed by atoms with Crippen molar-refractivity contribution in [2.75, 3.05) is 6.54 Å². The third kappa shape index (κ3) is 3.31. The quantitative estimate of drug-likeness (QED) is 0.800. The molecular formula is C13H18FN. The lowest BCUT2D eigenvalue weighted by Crippen LogP contribution is -2.20. The average molecular weight is 207 g/mol. The fraction of sp³-hybridized carbons (Fsp3) is 0.538. The minimum Gasteiger partial charge on any atom is -0.314 e. The molecule has 1 aromatic rings. The highest BCUT2D eigenvalue weighted by Crippen LogP contribution is 2.13. The SMILES string of the molecule is Fc1cccc(CCCC2CCCN2)c1. The molecule has 1 heterocycles. The van der Waals surface area contributed by atoms with Crippen molar-refractivity contribution in [3.05, 3.63) is 35.6 Å². The molecule has 0 bridgehead atoms. The molecule has 1 nitrogen and oxygen atoms in total. The van der Waals surface area contributed by atoms with E-state index in [1.807, 2.05) is 6.07 Å². The Bertz CT molecular complexity index is 305. The normalized spacial score (nSPS) is 20.7. The smallest absolute Gasteiger partial charge is 0.123 e. The average Bonchev–Trinajstić information content (AvgIpc) is 2.71. The van der Waals surface area contributed by atoms with E-state index in [9.17, 15) is 4.39 Å². The molecule has 0 aliphatic carbocycles. The van der Waals surface area contributed by atoms with Crippen molar-refractivity contribution in [3.63, 3.8) is 0 Å². The molecule has 1 aliphatic heterocycles. The fourth-order valence-corrected chi connectivity index (χ4v) is 2.25. The van der Waals surface area contributed by atoms with Gasteiger partial charge in [-0.15, -0.1) is 0 Å². The number of halogens is 1. The molecule has 1 N–H and O–H groups in total. The van der Waals surface area contributed by atoms with Crippen molar-refractivity contribution in [3.8, 4) is 0 Å². The molecule has 82 valence electrons. The van der Waals surface area contributed by atoms with Gasteiger partial charge >= 0.3 is 0 Å². The van der Waals surface area contributed by atoms with E-state index in [1.165, 1.54) is 31.9 Å². The Morgan fingerprint density at radius 2 is 2.33 bits per heavy atom. The Kier molecular flexibility index (Phi) is 3.73. The Hall–Kier alpha value is -0.890. The van der Waals surface area contributed by atoms with Crippen molar-refractivity contribution >= 4 is 0 Å². The van der Waals surface area contributed by atoms with Crippen LogP contribution in [-0.4, -0.2) is 12.6 Å². The topological polar surface area (TPSA) is 12.0 Å². The lowest BCUT2D eigenvalue weighted by Gasteiger charge is -2.09. The first-order valence-electron chi connectivity index (χ1n) is 5.82. The van der Waals surface area contributed by atoms with Crippen LogP contribution in [0, 0.1) is 5.82 Å². The molecule has 2 heteroatoms. The van der Waals surface area contributed by atoms with Gasteiger partial charge in [-0.3, -0.25) is 0 Å². The molecule has 1 fully saturated rings. The van der Waals surface area contributed by atoms with Crippen LogP contribution in [0.3, 0.4) is 0 Å². The van der Waals surface area contributed by atoms with Crippen LogP contribution in [0.1, 0.15) is 31.2 Å². The van der Waals surface area contributed by atoms with Gasteiger partial charge in [-0.25, -0.2) is 4.39 Å². The van der Waals surface area contributed by atoms with Gasteiger partial charge in [0, 0.05) is 6.04 Å². The van der Waals surface area contributed by atoms with Crippen LogP contribution in [0.15, 0.2) is 24.3 Å². The van der Waals surface area contributed by atoms with Gasteiger partial charge in [0.2, 0.25) is 0 Å². The van der Waals surface area contributed by atoms with Crippen LogP contribution in [0.5, 0.6) is 0 Å². The maximum Gasteiger partial charge on any atom is 0.123 e. The summed E-state index contributed by atoms with van der Waals surface area (Å²) in [7, 11) is 0. The summed E-state index contributed by atoms with van der Waals surface area (Å²) in [5.74, 6) is -0.119. The van der Waals surface area contributed by atoms with E-state index in [4.69, 9.17) is 0 Å². The maximum atomic E-state index is 12.9. The summed E-state index contributed by atoms with van der Waals surface area (Å²) in [6.07, 6.45) is 5.99. The Balaban J connectivity index is 1.73. The molecule has 1 unspecified atom stereocenters. The molecule has 0 saturated carbocycles. The number of aryl methyl sites for hydroxylation is 1. The van der Waals surface area contributed by atoms with Crippen molar-refractivity contribution < 1.29 is 4.39 Å². The van der Waals surface area contributed by atoms with E-state index >= 15 is 0 Å². The van der Waals surface area contributed by atoms with Crippen molar-refractivity contribution in [1.29, 1.82) is 0 Å². The van der Waals surface area contributed by atoms with Crippen LogP contribution < -0.4 is 5.32 Å². The van der Waals surface area contributed by atoms with E-state index in [0.717, 1.165) is 18.4 Å². The molecule has 2 rings (SSSR count). The van der Waals surface area contributed by atoms with Gasteiger partial charge < -0.3 is 5.32 Å². The lowest BCUT2D eigenvalue weighted by atomic mass is 10.0. The summed E-state index contributed by atoms with van der Waals surface area (Å²) in [4.78, 5) is 0. The number of hydrogen-bond acceptors (Lipinski definition) is 1. The summed E-state index contributed by atoms with van der Waals surface area (Å²) >= 11 is 0. The number of hydrogen-bond donors (Lipinski definition) is 1. The highest BCUT2D eigenvalue weighted by molar-refractivity contribution is 5.16. The van der Waals surface area contributed by atoms with E-state index < -0.39 is 0 Å². The second-order valence-corrected chi connectivity index (χ2v) is 4.32. The van der Waals surface area contributed by atoms with E-state index in [2.05, 4.69) is 5.32 Å². The van der Waals surface area contributed by atoms with Gasteiger partial charge in [0.15, 0.2) is 0 Å². The van der Waals surface area contributed by atoms with Crippen molar-refractivity contribution in [1.82, 2.24) is 5.32 Å². The minimum absolute atomic E-state index is 0.119. The van der Waals surface area contributed by atoms with Crippen LogP contribution in [-0.2, 0) is 6.42 Å². The van der Waals surface area contributed by atoms with Crippen molar-refractivity contribution in [2.45, 2.75) is 38.1 Å². The van der Waals surface area contributed by atoms with Gasteiger partial charge in [0.1, 0.15) is 5.82 Å². The first-order valence-corrected chi connectivity index (χ1v) is 5.82. The second kappa shape index (κ2) is 5.26. The first kappa shape index (κ1) is 10.6. The number of benzene rings is 1. The van der Waals surface area contributed by atoms with E-state index in [0.29, 0.717) is 6.04 Å². The third-order valence-corrected chi connectivity index (χ3v) is 3.07. The lowest BCUT2D eigenvalue weighted by molar-refractivity contribution is 0.535. The van der Waals surface area contributed by atoms with Gasteiger partial charge in [-0.2, -0.15) is 0 Å². The zero-order valence-electron chi connectivity index (χ0n) is 9.01. The summed E-state index contributed by atoms with van der Waals surface area (Å²) in [6, 6.07) is 7.65. The number of rotatable bonds is 4. The van der Waals surface area contributed by atoms with Gasteiger partial charge in [-0.1, -0.05) is 12.1 Å². The van der Waals surface area contributed by atoms with Crippen molar-refractivity contribution in [2.24, 2.45) is 0 Å². The molecule has 15 heavy (non-hydrogen) atoms.